The molecule has 0 fully saturated rings. The lowest BCUT2D eigenvalue weighted by molar-refractivity contribution is -0.386. The molecule has 0 aliphatic rings. The molecule has 21 heavy (non-hydrogen) atoms. The van der Waals surface area contributed by atoms with E-state index < -0.39 is 9.85 Å². The minimum atomic E-state index is -0.526. The highest BCUT2D eigenvalue weighted by Gasteiger charge is 2.15. The van der Waals surface area contributed by atoms with Crippen LogP contribution in [0.1, 0.15) is 11.1 Å². The number of nitrogens with zero attached hydrogens (tertiary/aromatic N) is 2. The Labute approximate surface area is 120 Å². The van der Waals surface area contributed by atoms with Crippen LogP contribution in [-0.4, -0.2) is 9.85 Å². The van der Waals surface area contributed by atoms with Gasteiger partial charge in [-0.3, -0.25) is 20.2 Å². The van der Waals surface area contributed by atoms with E-state index in [4.69, 9.17) is 4.74 Å². The molecule has 0 saturated heterocycles. The van der Waals surface area contributed by atoms with Gasteiger partial charge in [-0.1, -0.05) is 18.2 Å². The van der Waals surface area contributed by atoms with Gasteiger partial charge in [-0.2, -0.15) is 0 Å². The Balaban J connectivity index is 2.20. The monoisotopic (exact) mass is 288 g/mol. The van der Waals surface area contributed by atoms with Crippen molar-refractivity contribution in [3.05, 3.63) is 73.8 Å². The first kappa shape index (κ1) is 14.4. The molecule has 2 aromatic rings. The summed E-state index contributed by atoms with van der Waals surface area (Å²) in [5.74, 6) is 0.145. The maximum Gasteiger partial charge on any atom is 0.310 e. The number of hydrogen-bond donors (Lipinski definition) is 0. The number of nitro benzene ring substituents is 2. The van der Waals surface area contributed by atoms with Crippen LogP contribution in [0.3, 0.4) is 0 Å². The van der Waals surface area contributed by atoms with Gasteiger partial charge in [0, 0.05) is 18.2 Å². The molecule has 0 radical (unpaired) electrons. The van der Waals surface area contributed by atoms with Crippen molar-refractivity contribution in [1.82, 2.24) is 0 Å². The van der Waals surface area contributed by atoms with Crippen molar-refractivity contribution in [2.24, 2.45) is 0 Å². The summed E-state index contributed by atoms with van der Waals surface area (Å²) in [5.41, 5.74) is 1.22. The fourth-order valence-corrected chi connectivity index (χ4v) is 1.81. The summed E-state index contributed by atoms with van der Waals surface area (Å²) in [6.07, 6.45) is 0. The summed E-state index contributed by atoms with van der Waals surface area (Å²) in [6.45, 7) is 1.82. The van der Waals surface area contributed by atoms with Crippen LogP contribution in [0.2, 0.25) is 0 Å². The standard InChI is InChI=1S/C14H12N2O5/c1-10-5-6-13(16(19)20)14(7-10)21-9-11-3-2-4-12(8-11)15(17)18/h2-8H,9H2,1H3. The molecule has 0 aromatic heterocycles. The summed E-state index contributed by atoms with van der Waals surface area (Å²) >= 11 is 0. The molecule has 0 unspecified atom stereocenters. The second-order valence-electron chi connectivity index (χ2n) is 4.44. The third-order valence-electron chi connectivity index (χ3n) is 2.83. The van der Waals surface area contributed by atoms with Gasteiger partial charge >= 0.3 is 5.69 Å². The Morgan fingerprint density at radius 3 is 2.48 bits per heavy atom. The molecule has 2 aromatic carbocycles. The zero-order valence-electron chi connectivity index (χ0n) is 11.2. The van der Waals surface area contributed by atoms with Gasteiger partial charge in [-0.25, -0.2) is 0 Å². The van der Waals surface area contributed by atoms with Crippen LogP contribution in [0.4, 0.5) is 11.4 Å². The average molecular weight is 288 g/mol. The second-order valence-corrected chi connectivity index (χ2v) is 4.44. The third-order valence-corrected chi connectivity index (χ3v) is 2.83. The zero-order valence-corrected chi connectivity index (χ0v) is 11.2. The predicted octanol–water partition coefficient (Wildman–Crippen LogP) is 3.39. The van der Waals surface area contributed by atoms with Crippen molar-refractivity contribution >= 4 is 11.4 Å². The van der Waals surface area contributed by atoms with Crippen molar-refractivity contribution in [2.75, 3.05) is 0 Å². The quantitative estimate of drug-likeness (QED) is 0.620. The van der Waals surface area contributed by atoms with Gasteiger partial charge in [0.2, 0.25) is 0 Å². The van der Waals surface area contributed by atoms with Gasteiger partial charge in [0.1, 0.15) is 6.61 Å². The number of ether oxygens (including phenoxy) is 1. The first-order valence-corrected chi connectivity index (χ1v) is 6.08. The lowest BCUT2D eigenvalue weighted by Crippen LogP contribution is -2.00. The van der Waals surface area contributed by atoms with E-state index in [9.17, 15) is 20.2 Å². The highest BCUT2D eigenvalue weighted by Crippen LogP contribution is 2.28. The summed E-state index contributed by atoms with van der Waals surface area (Å²) < 4.78 is 5.44. The molecule has 0 aliphatic carbocycles. The number of non-ortho nitro benzene ring substituents is 1. The molecule has 0 aliphatic heterocycles. The molecular formula is C14H12N2O5. The smallest absolute Gasteiger partial charge is 0.310 e. The number of nitro groups is 2. The summed E-state index contributed by atoms with van der Waals surface area (Å²) in [4.78, 5) is 20.6. The molecule has 108 valence electrons. The van der Waals surface area contributed by atoms with Crippen molar-refractivity contribution in [3.8, 4) is 5.75 Å². The topological polar surface area (TPSA) is 95.5 Å². The molecular weight excluding hydrogens is 276 g/mol. The molecule has 2 rings (SSSR count). The molecule has 0 heterocycles. The maximum atomic E-state index is 10.9. The lowest BCUT2D eigenvalue weighted by Gasteiger charge is -2.07. The first-order chi connectivity index (χ1) is 9.97. The molecule has 7 heteroatoms. The second kappa shape index (κ2) is 6.00. The molecule has 0 saturated carbocycles. The minimum absolute atomic E-state index is 0.0198. The molecule has 0 N–H and O–H groups in total. The molecule has 0 atom stereocenters. The van der Waals surface area contributed by atoms with Crippen molar-refractivity contribution in [3.63, 3.8) is 0 Å². The molecule has 0 amide bonds. The minimum Gasteiger partial charge on any atom is -0.482 e. The lowest BCUT2D eigenvalue weighted by atomic mass is 10.2. The molecule has 0 spiro atoms. The Morgan fingerprint density at radius 2 is 1.81 bits per heavy atom. The molecule has 7 nitrogen and oxygen atoms in total. The normalized spacial score (nSPS) is 10.1. The van der Waals surface area contributed by atoms with E-state index in [0.29, 0.717) is 5.56 Å². The van der Waals surface area contributed by atoms with E-state index in [-0.39, 0.29) is 23.7 Å². The van der Waals surface area contributed by atoms with Gasteiger partial charge in [0.05, 0.1) is 9.85 Å². The fourth-order valence-electron chi connectivity index (χ4n) is 1.81. The van der Waals surface area contributed by atoms with Crippen LogP contribution in [-0.2, 0) is 6.61 Å². The van der Waals surface area contributed by atoms with Gasteiger partial charge in [-0.15, -0.1) is 0 Å². The number of benzene rings is 2. The van der Waals surface area contributed by atoms with Crippen LogP contribution in [0.25, 0.3) is 0 Å². The first-order valence-electron chi connectivity index (χ1n) is 6.08. The number of rotatable bonds is 5. The maximum absolute atomic E-state index is 10.9. The van der Waals surface area contributed by atoms with Crippen LogP contribution < -0.4 is 4.74 Å². The van der Waals surface area contributed by atoms with E-state index in [2.05, 4.69) is 0 Å². The van der Waals surface area contributed by atoms with Crippen LogP contribution in [0.5, 0.6) is 5.75 Å². The predicted molar refractivity (Wildman–Crippen MR) is 75.3 cm³/mol. The van der Waals surface area contributed by atoms with E-state index in [1.54, 1.807) is 31.2 Å². The van der Waals surface area contributed by atoms with E-state index in [1.165, 1.54) is 18.2 Å². The Bertz CT molecular complexity index is 700. The summed E-state index contributed by atoms with van der Waals surface area (Å²) in [5, 5.41) is 21.6. The van der Waals surface area contributed by atoms with E-state index >= 15 is 0 Å². The highest BCUT2D eigenvalue weighted by molar-refractivity contribution is 5.48. The SMILES string of the molecule is Cc1ccc([N+](=O)[O-])c(OCc2cccc([N+](=O)[O-])c2)c1. The van der Waals surface area contributed by atoms with Gasteiger partial charge in [0.25, 0.3) is 5.69 Å². The summed E-state index contributed by atoms with van der Waals surface area (Å²) in [7, 11) is 0. The van der Waals surface area contributed by atoms with Crippen LogP contribution in [0, 0.1) is 27.2 Å². The fraction of sp³-hybridized carbons (Fsp3) is 0.143. The van der Waals surface area contributed by atoms with Crippen molar-refractivity contribution < 1.29 is 14.6 Å². The number of hydrogen-bond acceptors (Lipinski definition) is 5. The van der Waals surface area contributed by atoms with E-state index in [0.717, 1.165) is 5.56 Å². The van der Waals surface area contributed by atoms with E-state index in [1.807, 2.05) is 0 Å². The van der Waals surface area contributed by atoms with Crippen LogP contribution in [0.15, 0.2) is 42.5 Å². The third kappa shape index (κ3) is 3.53. The Morgan fingerprint density at radius 1 is 1.05 bits per heavy atom. The number of aryl methyl sites for hydroxylation is 1. The largest absolute Gasteiger partial charge is 0.482 e. The van der Waals surface area contributed by atoms with Gasteiger partial charge in [-0.05, 0) is 24.1 Å². The Kier molecular flexibility index (Phi) is 4.13. The average Bonchev–Trinajstić information content (AvgIpc) is 2.45. The van der Waals surface area contributed by atoms with Crippen molar-refractivity contribution in [2.45, 2.75) is 13.5 Å². The van der Waals surface area contributed by atoms with Crippen LogP contribution >= 0.6 is 0 Å². The van der Waals surface area contributed by atoms with Gasteiger partial charge in [0.15, 0.2) is 5.75 Å². The summed E-state index contributed by atoms with van der Waals surface area (Å²) in [6, 6.07) is 10.5. The Hall–Kier alpha value is -2.96. The highest BCUT2D eigenvalue weighted by atomic mass is 16.6. The van der Waals surface area contributed by atoms with Gasteiger partial charge < -0.3 is 4.74 Å². The molecule has 0 bridgehead atoms. The van der Waals surface area contributed by atoms with Crippen molar-refractivity contribution in [1.29, 1.82) is 0 Å². The zero-order chi connectivity index (χ0) is 15.4.